The van der Waals surface area contributed by atoms with Crippen LogP contribution in [0.4, 0.5) is 0 Å². The van der Waals surface area contributed by atoms with Crippen LogP contribution in [-0.4, -0.2) is 9.13 Å². The first-order chi connectivity index (χ1) is 7.07. The van der Waals surface area contributed by atoms with E-state index in [9.17, 15) is 9.59 Å². The van der Waals surface area contributed by atoms with Crippen molar-refractivity contribution < 1.29 is 0 Å². The number of unbranched alkanes of at least 4 members (excludes halogenated alkanes) is 2. The molecule has 1 rings (SSSR count). The summed E-state index contributed by atoms with van der Waals surface area (Å²) in [5.74, 6) is 0. The van der Waals surface area contributed by atoms with E-state index in [0.29, 0.717) is 0 Å². The van der Waals surface area contributed by atoms with Crippen LogP contribution in [0.15, 0.2) is 15.8 Å². The highest BCUT2D eigenvalue weighted by Crippen LogP contribution is 2.00. The Labute approximate surface area is 89.2 Å². The molecule has 0 radical (unpaired) electrons. The van der Waals surface area contributed by atoms with Crippen LogP contribution in [0.1, 0.15) is 31.7 Å². The van der Waals surface area contributed by atoms with Crippen molar-refractivity contribution in [2.45, 2.75) is 32.6 Å². The second-order valence-electron chi connectivity index (χ2n) is 3.87. The van der Waals surface area contributed by atoms with Crippen LogP contribution < -0.4 is 11.2 Å². The summed E-state index contributed by atoms with van der Waals surface area (Å²) in [6.45, 7) is 2.12. The molecule has 0 fully saturated rings. The van der Waals surface area contributed by atoms with Gasteiger partial charge in [-0.05, 0) is 12.8 Å². The number of nitrogens with zero attached hydrogens (tertiary/aromatic N) is 2. The largest absolute Gasteiger partial charge is 0.330 e. The van der Waals surface area contributed by atoms with Crippen LogP contribution >= 0.6 is 0 Å². The molecule has 84 valence electrons. The normalized spacial score (nSPS) is 10.6. The Bertz CT molecular complexity index is 443. The van der Waals surface area contributed by atoms with Crippen molar-refractivity contribution in [1.82, 2.24) is 9.13 Å². The summed E-state index contributed by atoms with van der Waals surface area (Å²) in [5.41, 5.74) is 0.307. The van der Waals surface area contributed by atoms with Gasteiger partial charge < -0.3 is 4.57 Å². The zero-order valence-corrected chi connectivity index (χ0v) is 9.62. The molecule has 0 spiro atoms. The summed E-state index contributed by atoms with van der Waals surface area (Å²) < 4.78 is 2.63. The average Bonchev–Trinajstić information content (AvgIpc) is 2.23. The van der Waals surface area contributed by atoms with Crippen LogP contribution in [0.5, 0.6) is 0 Å². The van der Waals surface area contributed by atoms with Gasteiger partial charge in [0.05, 0.1) is 0 Å². The summed E-state index contributed by atoms with van der Waals surface area (Å²) >= 11 is 0. The van der Waals surface area contributed by atoms with Crippen LogP contribution in [0, 0.1) is 0 Å². The quantitative estimate of drug-likeness (QED) is 0.690. The van der Waals surface area contributed by atoms with Crippen molar-refractivity contribution in [2.24, 2.45) is 14.1 Å². The number of hydrogen-bond acceptors (Lipinski definition) is 2. The lowest BCUT2D eigenvalue weighted by atomic mass is 10.1. The van der Waals surface area contributed by atoms with Crippen molar-refractivity contribution in [3.63, 3.8) is 0 Å². The van der Waals surface area contributed by atoms with Crippen LogP contribution in [0.25, 0.3) is 0 Å². The van der Waals surface area contributed by atoms with Gasteiger partial charge in [0, 0.05) is 25.9 Å². The molecule has 4 nitrogen and oxygen atoms in total. The second kappa shape index (κ2) is 4.96. The lowest BCUT2D eigenvalue weighted by Crippen LogP contribution is -2.38. The molecular weight excluding hydrogens is 192 g/mol. The summed E-state index contributed by atoms with van der Waals surface area (Å²) in [6, 6.07) is 0. The van der Waals surface area contributed by atoms with E-state index in [2.05, 4.69) is 6.92 Å². The minimum absolute atomic E-state index is 0.158. The van der Waals surface area contributed by atoms with E-state index in [1.165, 1.54) is 16.2 Å². The van der Waals surface area contributed by atoms with E-state index in [4.69, 9.17) is 0 Å². The van der Waals surface area contributed by atoms with Gasteiger partial charge in [0.2, 0.25) is 0 Å². The van der Waals surface area contributed by atoms with Gasteiger partial charge in [-0.15, -0.1) is 0 Å². The Hall–Kier alpha value is -1.32. The van der Waals surface area contributed by atoms with Crippen molar-refractivity contribution in [3.05, 3.63) is 32.6 Å². The number of rotatable bonds is 4. The lowest BCUT2D eigenvalue weighted by Gasteiger charge is -2.05. The molecule has 0 aliphatic heterocycles. The first-order valence-corrected chi connectivity index (χ1v) is 5.33. The van der Waals surface area contributed by atoms with Crippen molar-refractivity contribution in [2.75, 3.05) is 0 Å². The van der Waals surface area contributed by atoms with Crippen molar-refractivity contribution in [3.8, 4) is 0 Å². The van der Waals surface area contributed by atoms with E-state index < -0.39 is 0 Å². The molecule has 0 aliphatic carbocycles. The maximum Gasteiger partial charge on any atom is 0.330 e. The topological polar surface area (TPSA) is 44.0 Å². The molecular formula is C11H18N2O2. The Kier molecular flexibility index (Phi) is 3.88. The maximum absolute atomic E-state index is 11.7. The smallest absolute Gasteiger partial charge is 0.303 e. The van der Waals surface area contributed by atoms with Gasteiger partial charge in [0.1, 0.15) is 0 Å². The monoisotopic (exact) mass is 210 g/mol. The molecule has 0 amide bonds. The molecule has 1 aromatic heterocycles. The molecule has 1 aromatic rings. The van der Waals surface area contributed by atoms with E-state index in [1.807, 2.05) is 0 Å². The third-order valence-electron chi connectivity index (χ3n) is 2.57. The Balaban J connectivity index is 3.00. The Morgan fingerprint density at radius 3 is 2.47 bits per heavy atom. The number of aryl methyl sites for hydroxylation is 2. The van der Waals surface area contributed by atoms with E-state index in [0.717, 1.165) is 31.2 Å². The van der Waals surface area contributed by atoms with Gasteiger partial charge in [-0.25, -0.2) is 4.79 Å². The third-order valence-corrected chi connectivity index (χ3v) is 2.57. The van der Waals surface area contributed by atoms with Crippen LogP contribution in [-0.2, 0) is 20.5 Å². The minimum atomic E-state index is -0.265. The first-order valence-electron chi connectivity index (χ1n) is 5.33. The molecule has 0 saturated heterocycles. The lowest BCUT2D eigenvalue weighted by molar-refractivity contribution is 0.647. The van der Waals surface area contributed by atoms with Gasteiger partial charge in [0.25, 0.3) is 5.56 Å². The molecule has 0 saturated carbocycles. The predicted molar refractivity (Wildman–Crippen MR) is 60.2 cm³/mol. The summed E-state index contributed by atoms with van der Waals surface area (Å²) in [4.78, 5) is 23.1. The SMILES string of the molecule is CCCCCc1cn(C)c(=O)n(C)c1=O. The third kappa shape index (κ3) is 2.58. The number of aromatic nitrogens is 2. The molecule has 0 N–H and O–H groups in total. The van der Waals surface area contributed by atoms with Crippen molar-refractivity contribution in [1.29, 1.82) is 0 Å². The van der Waals surface area contributed by atoms with E-state index in [-0.39, 0.29) is 11.2 Å². The molecule has 0 unspecified atom stereocenters. The fourth-order valence-corrected chi connectivity index (χ4v) is 1.62. The van der Waals surface area contributed by atoms with Crippen LogP contribution in [0.2, 0.25) is 0 Å². The summed E-state index contributed by atoms with van der Waals surface area (Å²) in [5, 5.41) is 0. The summed E-state index contributed by atoms with van der Waals surface area (Å²) in [6.07, 6.45) is 5.66. The molecule has 0 bridgehead atoms. The average molecular weight is 210 g/mol. The maximum atomic E-state index is 11.7. The van der Waals surface area contributed by atoms with Gasteiger partial charge in [-0.3, -0.25) is 9.36 Å². The van der Waals surface area contributed by atoms with Gasteiger partial charge in [-0.2, -0.15) is 0 Å². The molecule has 0 atom stereocenters. The van der Waals surface area contributed by atoms with Gasteiger partial charge in [0.15, 0.2) is 0 Å². The minimum Gasteiger partial charge on any atom is -0.303 e. The zero-order valence-electron chi connectivity index (χ0n) is 9.62. The first kappa shape index (κ1) is 11.8. The fourth-order valence-electron chi connectivity index (χ4n) is 1.62. The molecule has 4 heteroatoms. The molecule has 0 aromatic carbocycles. The second-order valence-corrected chi connectivity index (χ2v) is 3.87. The van der Waals surface area contributed by atoms with Gasteiger partial charge in [-0.1, -0.05) is 19.8 Å². The highest BCUT2D eigenvalue weighted by molar-refractivity contribution is 5.05. The number of hydrogen-bond donors (Lipinski definition) is 0. The van der Waals surface area contributed by atoms with Crippen molar-refractivity contribution >= 4 is 0 Å². The Morgan fingerprint density at radius 2 is 1.87 bits per heavy atom. The molecule has 15 heavy (non-hydrogen) atoms. The molecule has 0 aliphatic rings. The van der Waals surface area contributed by atoms with E-state index >= 15 is 0 Å². The highest BCUT2D eigenvalue weighted by atomic mass is 16.2. The summed E-state index contributed by atoms with van der Waals surface area (Å²) in [7, 11) is 3.19. The Morgan fingerprint density at radius 1 is 1.20 bits per heavy atom. The fraction of sp³-hybridized carbons (Fsp3) is 0.636. The van der Waals surface area contributed by atoms with Crippen LogP contribution in [0.3, 0.4) is 0 Å². The standard InChI is InChI=1S/C11H18N2O2/c1-4-5-6-7-9-8-12(2)11(15)13(3)10(9)14/h8H,4-7H2,1-3H3. The molecule has 1 heterocycles. The predicted octanol–water partition coefficient (Wildman–Crippen LogP) is 0.817. The van der Waals surface area contributed by atoms with Gasteiger partial charge >= 0.3 is 5.69 Å². The zero-order chi connectivity index (χ0) is 11.4. The van der Waals surface area contributed by atoms with E-state index in [1.54, 1.807) is 13.2 Å². The highest BCUT2D eigenvalue weighted by Gasteiger charge is 2.05.